The Hall–Kier alpha value is -2.48. The summed E-state index contributed by atoms with van der Waals surface area (Å²) in [6, 6.07) is 7.11. The third kappa shape index (κ3) is 3.85. The van der Waals surface area contributed by atoms with Gasteiger partial charge in [-0.25, -0.2) is 13.2 Å². The van der Waals surface area contributed by atoms with Crippen LogP contribution in [-0.2, 0) is 32.2 Å². The first-order valence-corrected chi connectivity index (χ1v) is 11.8. The van der Waals surface area contributed by atoms with Gasteiger partial charge in [0.25, 0.3) is 5.91 Å². The second-order valence-corrected chi connectivity index (χ2v) is 9.82. The topological polar surface area (TPSA) is 93.6 Å². The van der Waals surface area contributed by atoms with E-state index in [2.05, 4.69) is 4.98 Å². The summed E-state index contributed by atoms with van der Waals surface area (Å²) in [5.74, 6) is -0.817. The SMILES string of the molecule is CCN(C(=O)COC(=O)c1c2c(nc3ccccc13)CCC2)C1CCS(=O)(=O)C1. The van der Waals surface area contributed by atoms with Gasteiger partial charge in [0.05, 0.1) is 22.6 Å². The Labute approximate surface area is 170 Å². The number of fused-ring (bicyclic) bond motifs is 2. The molecule has 0 radical (unpaired) electrons. The van der Waals surface area contributed by atoms with E-state index in [4.69, 9.17) is 4.74 Å². The zero-order chi connectivity index (χ0) is 20.6. The van der Waals surface area contributed by atoms with Gasteiger partial charge in [-0.15, -0.1) is 0 Å². The van der Waals surface area contributed by atoms with Crippen LogP contribution in [0.15, 0.2) is 24.3 Å². The molecular weight excluding hydrogens is 392 g/mol. The molecule has 1 amide bonds. The number of para-hydroxylation sites is 1. The van der Waals surface area contributed by atoms with Gasteiger partial charge in [-0.2, -0.15) is 0 Å². The van der Waals surface area contributed by atoms with E-state index in [1.54, 1.807) is 6.92 Å². The van der Waals surface area contributed by atoms with Crippen LogP contribution in [0.5, 0.6) is 0 Å². The van der Waals surface area contributed by atoms with Crippen molar-refractivity contribution in [2.75, 3.05) is 24.7 Å². The number of hydrogen-bond acceptors (Lipinski definition) is 6. The molecule has 1 unspecified atom stereocenters. The van der Waals surface area contributed by atoms with Crippen molar-refractivity contribution in [2.45, 2.75) is 38.6 Å². The molecule has 2 aliphatic rings. The molecule has 2 aromatic rings. The number of benzene rings is 1. The monoisotopic (exact) mass is 416 g/mol. The zero-order valence-electron chi connectivity index (χ0n) is 16.4. The van der Waals surface area contributed by atoms with E-state index in [0.717, 1.165) is 41.4 Å². The van der Waals surface area contributed by atoms with Gasteiger partial charge in [-0.1, -0.05) is 18.2 Å². The Morgan fingerprint density at radius 2 is 2.03 bits per heavy atom. The van der Waals surface area contributed by atoms with Gasteiger partial charge in [-0.05, 0) is 44.2 Å². The van der Waals surface area contributed by atoms with Gasteiger partial charge in [-0.3, -0.25) is 9.78 Å². The van der Waals surface area contributed by atoms with Crippen molar-refractivity contribution in [2.24, 2.45) is 0 Å². The molecule has 1 aliphatic carbocycles. The summed E-state index contributed by atoms with van der Waals surface area (Å²) in [6.45, 7) is 1.78. The van der Waals surface area contributed by atoms with Crippen LogP contribution >= 0.6 is 0 Å². The van der Waals surface area contributed by atoms with Gasteiger partial charge in [0, 0.05) is 23.7 Å². The van der Waals surface area contributed by atoms with Gasteiger partial charge in [0.1, 0.15) is 0 Å². The summed E-state index contributed by atoms with van der Waals surface area (Å²) in [7, 11) is -3.10. The highest BCUT2D eigenvalue weighted by molar-refractivity contribution is 7.91. The third-order valence-corrected chi connectivity index (χ3v) is 7.51. The number of sulfone groups is 1. The molecule has 1 atom stereocenters. The molecule has 7 nitrogen and oxygen atoms in total. The molecule has 1 aromatic heterocycles. The normalized spacial score (nSPS) is 19.8. The molecule has 1 aliphatic heterocycles. The summed E-state index contributed by atoms with van der Waals surface area (Å²) in [5.41, 5.74) is 3.09. The van der Waals surface area contributed by atoms with Crippen LogP contribution in [0.2, 0.25) is 0 Å². The van der Waals surface area contributed by atoms with Crippen LogP contribution in [0.4, 0.5) is 0 Å². The Bertz CT molecular complexity index is 1080. The van der Waals surface area contributed by atoms with Crippen molar-refractivity contribution in [1.82, 2.24) is 9.88 Å². The highest BCUT2D eigenvalue weighted by Gasteiger charge is 2.34. The van der Waals surface area contributed by atoms with E-state index in [9.17, 15) is 18.0 Å². The highest BCUT2D eigenvalue weighted by atomic mass is 32.2. The van der Waals surface area contributed by atoms with Crippen molar-refractivity contribution >= 4 is 32.6 Å². The number of pyridine rings is 1. The Morgan fingerprint density at radius 3 is 2.76 bits per heavy atom. The van der Waals surface area contributed by atoms with Crippen molar-refractivity contribution in [3.05, 3.63) is 41.1 Å². The van der Waals surface area contributed by atoms with E-state index >= 15 is 0 Å². The van der Waals surface area contributed by atoms with Crippen LogP contribution in [-0.4, -0.2) is 60.9 Å². The molecule has 2 heterocycles. The second kappa shape index (κ2) is 7.74. The molecule has 0 bridgehead atoms. The van der Waals surface area contributed by atoms with Crippen molar-refractivity contribution in [1.29, 1.82) is 0 Å². The highest BCUT2D eigenvalue weighted by Crippen LogP contribution is 2.30. The number of ether oxygens (including phenoxy) is 1. The maximum atomic E-state index is 12.9. The van der Waals surface area contributed by atoms with E-state index in [-0.39, 0.29) is 23.5 Å². The maximum Gasteiger partial charge on any atom is 0.339 e. The van der Waals surface area contributed by atoms with E-state index in [1.165, 1.54) is 4.90 Å². The molecule has 1 saturated heterocycles. The molecule has 0 spiro atoms. The Kier molecular flexibility index (Phi) is 5.29. The number of amides is 1. The molecule has 0 saturated carbocycles. The fourth-order valence-electron chi connectivity index (χ4n) is 4.39. The molecule has 1 fully saturated rings. The number of carbonyl (C=O) groups is 2. The third-order valence-electron chi connectivity index (χ3n) is 5.76. The predicted molar refractivity (Wildman–Crippen MR) is 108 cm³/mol. The second-order valence-electron chi connectivity index (χ2n) is 7.60. The first kappa shape index (κ1) is 19.8. The lowest BCUT2D eigenvalue weighted by molar-refractivity contribution is -0.136. The molecular formula is C21H24N2O5S. The van der Waals surface area contributed by atoms with Gasteiger partial charge in [0.2, 0.25) is 0 Å². The molecule has 154 valence electrons. The van der Waals surface area contributed by atoms with Gasteiger partial charge in [0.15, 0.2) is 16.4 Å². The Balaban J connectivity index is 1.52. The number of carbonyl (C=O) groups excluding carboxylic acids is 2. The van der Waals surface area contributed by atoms with Crippen LogP contribution in [0, 0.1) is 0 Å². The number of esters is 1. The lowest BCUT2D eigenvalue weighted by Gasteiger charge is -2.26. The average Bonchev–Trinajstić information content (AvgIpc) is 3.30. The van der Waals surface area contributed by atoms with Crippen molar-refractivity contribution in [3.8, 4) is 0 Å². The molecule has 29 heavy (non-hydrogen) atoms. The molecule has 4 rings (SSSR count). The van der Waals surface area contributed by atoms with E-state index in [1.807, 2.05) is 24.3 Å². The minimum Gasteiger partial charge on any atom is -0.452 e. The molecule has 1 aromatic carbocycles. The van der Waals surface area contributed by atoms with Crippen LogP contribution in [0.25, 0.3) is 10.9 Å². The number of likely N-dealkylation sites (N-methyl/N-ethyl adjacent to an activating group) is 1. The standard InChI is InChI=1S/C21H24N2O5S/c1-2-23(14-10-11-29(26,27)13-14)19(24)12-28-21(25)20-15-6-3-4-8-17(15)22-18-9-5-7-16(18)20/h3-4,6,8,14H,2,5,7,9-13H2,1H3. The minimum atomic E-state index is -3.10. The zero-order valence-corrected chi connectivity index (χ0v) is 17.2. The predicted octanol–water partition coefficient (Wildman–Crippen LogP) is 1.92. The van der Waals surface area contributed by atoms with E-state index < -0.39 is 22.4 Å². The number of aryl methyl sites for hydroxylation is 1. The summed E-state index contributed by atoms with van der Waals surface area (Å²) in [5, 5.41) is 0.736. The van der Waals surface area contributed by atoms with Crippen LogP contribution in [0.1, 0.15) is 41.4 Å². The number of nitrogens with zero attached hydrogens (tertiary/aromatic N) is 2. The lowest BCUT2D eigenvalue weighted by Crippen LogP contribution is -2.43. The fraction of sp³-hybridized carbons (Fsp3) is 0.476. The van der Waals surface area contributed by atoms with Gasteiger partial charge >= 0.3 is 5.97 Å². The number of hydrogen-bond donors (Lipinski definition) is 0. The number of rotatable bonds is 5. The molecule has 0 N–H and O–H groups in total. The smallest absolute Gasteiger partial charge is 0.339 e. The van der Waals surface area contributed by atoms with E-state index in [0.29, 0.717) is 18.5 Å². The molecule has 8 heteroatoms. The van der Waals surface area contributed by atoms with Crippen LogP contribution in [0.3, 0.4) is 0 Å². The first-order chi connectivity index (χ1) is 13.9. The lowest BCUT2D eigenvalue weighted by atomic mass is 10.0. The van der Waals surface area contributed by atoms with Crippen molar-refractivity contribution in [3.63, 3.8) is 0 Å². The minimum absolute atomic E-state index is 0.0248. The largest absolute Gasteiger partial charge is 0.452 e. The summed E-state index contributed by atoms with van der Waals surface area (Å²) >= 11 is 0. The van der Waals surface area contributed by atoms with Crippen molar-refractivity contribution < 1.29 is 22.7 Å². The number of aromatic nitrogens is 1. The summed E-state index contributed by atoms with van der Waals surface area (Å²) in [4.78, 5) is 31.8. The summed E-state index contributed by atoms with van der Waals surface area (Å²) in [6.07, 6.45) is 2.97. The van der Waals surface area contributed by atoms with Crippen LogP contribution < -0.4 is 0 Å². The maximum absolute atomic E-state index is 12.9. The van der Waals surface area contributed by atoms with Gasteiger partial charge < -0.3 is 9.64 Å². The quantitative estimate of drug-likeness (QED) is 0.692. The fourth-order valence-corrected chi connectivity index (χ4v) is 6.12. The first-order valence-electron chi connectivity index (χ1n) is 9.97. The summed E-state index contributed by atoms with van der Waals surface area (Å²) < 4.78 is 28.9. The Morgan fingerprint density at radius 1 is 1.24 bits per heavy atom. The average molecular weight is 416 g/mol.